The van der Waals surface area contributed by atoms with E-state index in [2.05, 4.69) is 147 Å². The van der Waals surface area contributed by atoms with Crippen molar-refractivity contribution in [3.05, 3.63) is 167 Å². The molecular weight excluding hydrogens is 496 g/mol. The Morgan fingerprint density at radius 3 is 1.63 bits per heavy atom. The van der Waals surface area contributed by atoms with Crippen LogP contribution < -0.4 is 4.74 Å². The molecule has 9 rings (SSSR count). The summed E-state index contributed by atoms with van der Waals surface area (Å²) in [7, 11) is 0. The second-order valence-electron chi connectivity index (χ2n) is 12.0. The van der Waals surface area contributed by atoms with E-state index in [0.717, 1.165) is 11.5 Å². The number of benzene rings is 6. The lowest BCUT2D eigenvalue weighted by Crippen LogP contribution is -2.32. The van der Waals surface area contributed by atoms with Crippen LogP contribution in [0.5, 0.6) is 11.5 Å². The molecule has 0 saturated carbocycles. The van der Waals surface area contributed by atoms with Gasteiger partial charge in [-0.2, -0.15) is 0 Å². The molecule has 1 aliphatic heterocycles. The molecule has 6 aromatic rings. The lowest BCUT2D eigenvalue weighted by atomic mass is 9.66. The minimum Gasteiger partial charge on any atom is -0.457 e. The largest absolute Gasteiger partial charge is 0.457 e. The van der Waals surface area contributed by atoms with Crippen LogP contribution in [0.2, 0.25) is 0 Å². The standard InChI is InChI=1S/C40H28O/c1-39(2)31-17-6-3-14-29(31)30-16-11-15-26(38(30)39)25-22-23-35-37(24-25)41-36-21-10-9-20-34(36)40(35)32-18-7-4-12-27(32)28-13-5-8-19-33(28)40/h3-24H,1-2H3. The first-order valence-electron chi connectivity index (χ1n) is 14.4. The summed E-state index contributed by atoms with van der Waals surface area (Å²) in [4.78, 5) is 0. The summed E-state index contributed by atoms with van der Waals surface area (Å²) in [5.74, 6) is 1.85. The molecule has 194 valence electrons. The first-order valence-corrected chi connectivity index (χ1v) is 14.4. The Hall–Kier alpha value is -4.88. The summed E-state index contributed by atoms with van der Waals surface area (Å²) >= 11 is 0. The fourth-order valence-corrected chi connectivity index (χ4v) is 8.12. The predicted octanol–water partition coefficient (Wildman–Crippen LogP) is 10.1. The van der Waals surface area contributed by atoms with Gasteiger partial charge in [-0.3, -0.25) is 0 Å². The molecule has 0 atom stereocenters. The number of fused-ring (bicyclic) bond motifs is 12. The Morgan fingerprint density at radius 2 is 0.927 bits per heavy atom. The van der Waals surface area contributed by atoms with Crippen molar-refractivity contribution in [3.63, 3.8) is 0 Å². The molecule has 0 fully saturated rings. The number of ether oxygens (including phenoxy) is 1. The molecule has 0 radical (unpaired) electrons. The van der Waals surface area contributed by atoms with Gasteiger partial charge >= 0.3 is 0 Å². The lowest BCUT2D eigenvalue weighted by molar-refractivity contribution is 0.436. The molecule has 0 bridgehead atoms. The summed E-state index contributed by atoms with van der Waals surface area (Å²) in [6, 6.07) is 48.9. The molecule has 0 unspecified atom stereocenters. The van der Waals surface area contributed by atoms with E-state index in [1.54, 1.807) is 0 Å². The van der Waals surface area contributed by atoms with Crippen LogP contribution in [0, 0.1) is 0 Å². The molecule has 3 aliphatic rings. The Balaban J connectivity index is 1.32. The van der Waals surface area contributed by atoms with Gasteiger partial charge in [0.25, 0.3) is 0 Å². The summed E-state index contributed by atoms with van der Waals surface area (Å²) in [5.41, 5.74) is 15.1. The van der Waals surface area contributed by atoms with Gasteiger partial charge < -0.3 is 4.74 Å². The highest BCUT2D eigenvalue weighted by atomic mass is 16.5. The highest BCUT2D eigenvalue weighted by Gasteiger charge is 2.51. The summed E-state index contributed by atoms with van der Waals surface area (Å²) < 4.78 is 6.79. The highest BCUT2D eigenvalue weighted by molar-refractivity contribution is 5.91. The maximum Gasteiger partial charge on any atom is 0.132 e. The van der Waals surface area contributed by atoms with Gasteiger partial charge in [0.15, 0.2) is 0 Å². The molecule has 2 aliphatic carbocycles. The Labute approximate surface area is 240 Å². The molecule has 6 aromatic carbocycles. The molecule has 0 amide bonds. The summed E-state index contributed by atoms with van der Waals surface area (Å²) in [6.45, 7) is 4.71. The molecule has 1 nitrogen and oxygen atoms in total. The van der Waals surface area contributed by atoms with Crippen molar-refractivity contribution >= 4 is 0 Å². The van der Waals surface area contributed by atoms with Gasteiger partial charge in [-0.15, -0.1) is 0 Å². The zero-order chi connectivity index (χ0) is 27.3. The molecule has 0 aromatic heterocycles. The van der Waals surface area contributed by atoms with Gasteiger partial charge in [-0.25, -0.2) is 0 Å². The van der Waals surface area contributed by atoms with E-state index in [4.69, 9.17) is 4.74 Å². The van der Waals surface area contributed by atoms with E-state index in [-0.39, 0.29) is 5.41 Å². The first-order chi connectivity index (χ1) is 20.1. The zero-order valence-corrected chi connectivity index (χ0v) is 23.1. The van der Waals surface area contributed by atoms with Crippen LogP contribution in [0.4, 0.5) is 0 Å². The van der Waals surface area contributed by atoms with E-state index in [1.807, 2.05) is 0 Å². The van der Waals surface area contributed by atoms with E-state index in [0.29, 0.717) is 0 Å². The maximum atomic E-state index is 6.79. The Bertz CT molecular complexity index is 2020. The lowest BCUT2D eigenvalue weighted by Gasteiger charge is -2.39. The van der Waals surface area contributed by atoms with Gasteiger partial charge in [0, 0.05) is 16.5 Å². The molecule has 0 saturated heterocycles. The second-order valence-corrected chi connectivity index (χ2v) is 12.0. The van der Waals surface area contributed by atoms with Gasteiger partial charge in [0.05, 0.1) is 5.41 Å². The third kappa shape index (κ3) is 2.76. The minimum absolute atomic E-state index is 0.0869. The highest BCUT2D eigenvalue weighted by Crippen LogP contribution is 2.62. The number of hydrogen-bond acceptors (Lipinski definition) is 1. The predicted molar refractivity (Wildman–Crippen MR) is 167 cm³/mol. The molecule has 0 N–H and O–H groups in total. The van der Waals surface area contributed by atoms with Crippen molar-refractivity contribution in [2.24, 2.45) is 0 Å². The monoisotopic (exact) mass is 524 g/mol. The second kappa shape index (κ2) is 7.86. The van der Waals surface area contributed by atoms with Crippen molar-refractivity contribution in [1.82, 2.24) is 0 Å². The number of hydrogen-bond donors (Lipinski definition) is 0. The number of rotatable bonds is 1. The van der Waals surface area contributed by atoms with Crippen molar-refractivity contribution in [2.45, 2.75) is 24.7 Å². The molecule has 1 heterocycles. The molecular formula is C40H28O. The smallest absolute Gasteiger partial charge is 0.132 e. The van der Waals surface area contributed by atoms with Crippen molar-refractivity contribution in [3.8, 4) is 44.9 Å². The average molecular weight is 525 g/mol. The van der Waals surface area contributed by atoms with Crippen molar-refractivity contribution in [1.29, 1.82) is 0 Å². The summed E-state index contributed by atoms with van der Waals surface area (Å²) in [5, 5.41) is 0. The van der Waals surface area contributed by atoms with Gasteiger partial charge in [-0.1, -0.05) is 135 Å². The normalized spacial score (nSPS) is 15.7. The van der Waals surface area contributed by atoms with Crippen molar-refractivity contribution in [2.75, 3.05) is 0 Å². The fraction of sp³-hybridized carbons (Fsp3) is 0.100. The van der Waals surface area contributed by atoms with Crippen LogP contribution in [0.1, 0.15) is 47.2 Å². The molecule has 1 heteroatoms. The van der Waals surface area contributed by atoms with Gasteiger partial charge in [0.2, 0.25) is 0 Å². The van der Waals surface area contributed by atoms with E-state index in [1.165, 1.54) is 66.8 Å². The van der Waals surface area contributed by atoms with Crippen LogP contribution in [0.25, 0.3) is 33.4 Å². The van der Waals surface area contributed by atoms with E-state index >= 15 is 0 Å². The van der Waals surface area contributed by atoms with Crippen LogP contribution in [0.3, 0.4) is 0 Å². The SMILES string of the molecule is CC1(C)c2ccccc2-c2cccc(-c3ccc4c(c3)Oc3ccccc3C43c4ccccc4-c4ccccc43)c21. The van der Waals surface area contributed by atoms with Crippen LogP contribution in [-0.4, -0.2) is 0 Å². The third-order valence-corrected chi connectivity index (χ3v) is 9.74. The first kappa shape index (κ1) is 22.9. The quantitative estimate of drug-likeness (QED) is 0.208. The van der Waals surface area contributed by atoms with Crippen LogP contribution in [-0.2, 0) is 10.8 Å². The van der Waals surface area contributed by atoms with Crippen LogP contribution >= 0.6 is 0 Å². The summed E-state index contributed by atoms with van der Waals surface area (Å²) in [6.07, 6.45) is 0. The van der Waals surface area contributed by atoms with E-state index in [9.17, 15) is 0 Å². The topological polar surface area (TPSA) is 9.23 Å². The minimum atomic E-state index is -0.427. The fourth-order valence-electron chi connectivity index (χ4n) is 8.12. The van der Waals surface area contributed by atoms with Gasteiger partial charge in [-0.05, 0) is 67.8 Å². The van der Waals surface area contributed by atoms with E-state index < -0.39 is 5.41 Å². The maximum absolute atomic E-state index is 6.79. The van der Waals surface area contributed by atoms with Gasteiger partial charge in [0.1, 0.15) is 11.5 Å². The Morgan fingerprint density at radius 1 is 0.415 bits per heavy atom. The average Bonchev–Trinajstić information content (AvgIpc) is 3.44. The van der Waals surface area contributed by atoms with Crippen LogP contribution in [0.15, 0.2) is 133 Å². The molecule has 1 spiro atoms. The Kier molecular flexibility index (Phi) is 4.39. The van der Waals surface area contributed by atoms with Crippen molar-refractivity contribution < 1.29 is 4.74 Å². The zero-order valence-electron chi connectivity index (χ0n) is 23.1. The number of para-hydroxylation sites is 1. The third-order valence-electron chi connectivity index (χ3n) is 9.74. The molecule has 41 heavy (non-hydrogen) atoms.